The Hall–Kier alpha value is -3.75. The molecule has 0 saturated carbocycles. The van der Waals surface area contributed by atoms with Crippen molar-refractivity contribution in [3.05, 3.63) is 97.1 Å². The summed E-state index contributed by atoms with van der Waals surface area (Å²) < 4.78 is 11.7. The zero-order chi connectivity index (χ0) is 30.9. The van der Waals surface area contributed by atoms with Crippen LogP contribution in [0.1, 0.15) is 49.7 Å². The largest absolute Gasteiger partial charge is 0.463 e. The number of allylic oxidation sites excluding steroid dienone is 2. The number of likely N-dealkylation sites (tertiary alicyclic amines) is 1. The Morgan fingerprint density at radius 2 is 1.67 bits per heavy atom. The number of hydrogen-bond acceptors (Lipinski definition) is 6. The first kappa shape index (κ1) is 33.7. The molecule has 0 spiro atoms. The van der Waals surface area contributed by atoms with Gasteiger partial charge >= 0.3 is 5.97 Å². The highest BCUT2D eigenvalue weighted by molar-refractivity contribution is 5.86. The van der Waals surface area contributed by atoms with Crippen LogP contribution in [0.2, 0.25) is 0 Å². The number of nitrogens with one attached hydrogen (secondary N) is 1. The van der Waals surface area contributed by atoms with Gasteiger partial charge in [-0.15, -0.1) is 13.2 Å². The maximum Gasteiger partial charge on any atom is 0.309 e. The van der Waals surface area contributed by atoms with E-state index in [1.807, 2.05) is 60.7 Å². The Morgan fingerprint density at radius 3 is 2.33 bits per heavy atom. The van der Waals surface area contributed by atoms with E-state index >= 15 is 0 Å². The maximum atomic E-state index is 13.5. The van der Waals surface area contributed by atoms with E-state index in [-0.39, 0.29) is 56.0 Å². The SMILES string of the molecule is C=CCC[C@H](Cc1ccccc1)C(=O)OC[C@H](COCc1ccccc1)NC(=O)[C@H](CC=C)CC(=O)N1CCC[C@H]1CO. The third-order valence-corrected chi connectivity index (χ3v) is 7.73. The van der Waals surface area contributed by atoms with Gasteiger partial charge in [-0.2, -0.15) is 0 Å². The number of nitrogens with zero attached hydrogens (tertiary/aromatic N) is 1. The number of ether oxygens (including phenoxy) is 2. The summed E-state index contributed by atoms with van der Waals surface area (Å²) in [6.07, 6.45) is 7.15. The van der Waals surface area contributed by atoms with Gasteiger partial charge in [0.2, 0.25) is 11.8 Å². The van der Waals surface area contributed by atoms with E-state index in [0.717, 1.165) is 24.0 Å². The minimum absolute atomic E-state index is 0.00639. The number of carbonyl (C=O) groups excluding carboxylic acids is 3. The molecule has 0 bridgehead atoms. The molecule has 0 aromatic heterocycles. The lowest BCUT2D eigenvalue weighted by Crippen LogP contribution is -2.46. The molecule has 43 heavy (non-hydrogen) atoms. The van der Waals surface area contributed by atoms with Crippen LogP contribution in [0, 0.1) is 11.8 Å². The Morgan fingerprint density at radius 1 is 0.977 bits per heavy atom. The first-order valence-corrected chi connectivity index (χ1v) is 15.2. The van der Waals surface area contributed by atoms with E-state index in [9.17, 15) is 19.5 Å². The molecule has 2 N–H and O–H groups in total. The zero-order valence-corrected chi connectivity index (χ0v) is 25.1. The summed E-state index contributed by atoms with van der Waals surface area (Å²) in [5.74, 6) is -1.82. The second-order valence-corrected chi connectivity index (χ2v) is 11.1. The summed E-state index contributed by atoms with van der Waals surface area (Å²) in [5, 5.41) is 12.6. The normalized spacial score (nSPS) is 16.6. The molecule has 0 unspecified atom stereocenters. The minimum atomic E-state index is -0.643. The monoisotopic (exact) mass is 590 g/mol. The lowest BCUT2D eigenvalue weighted by Gasteiger charge is -2.26. The number of benzene rings is 2. The van der Waals surface area contributed by atoms with Gasteiger partial charge in [-0.25, -0.2) is 0 Å². The molecule has 0 radical (unpaired) electrons. The van der Waals surface area contributed by atoms with E-state index in [1.165, 1.54) is 0 Å². The molecule has 4 atom stereocenters. The molecule has 8 heteroatoms. The number of amides is 2. The van der Waals surface area contributed by atoms with Gasteiger partial charge in [-0.1, -0.05) is 72.8 Å². The summed E-state index contributed by atoms with van der Waals surface area (Å²) in [6, 6.07) is 18.7. The lowest BCUT2D eigenvalue weighted by molar-refractivity contribution is -0.150. The van der Waals surface area contributed by atoms with Crippen molar-refractivity contribution in [3.8, 4) is 0 Å². The van der Waals surface area contributed by atoms with Crippen LogP contribution in [0.5, 0.6) is 0 Å². The first-order valence-electron chi connectivity index (χ1n) is 15.2. The van der Waals surface area contributed by atoms with Crippen LogP contribution in [-0.2, 0) is 36.9 Å². The van der Waals surface area contributed by atoms with Gasteiger partial charge in [-0.05, 0) is 49.7 Å². The third kappa shape index (κ3) is 11.5. The molecular weight excluding hydrogens is 544 g/mol. The molecular formula is C35H46N2O6. The molecule has 1 aliphatic rings. The van der Waals surface area contributed by atoms with E-state index in [4.69, 9.17) is 9.47 Å². The molecule has 1 saturated heterocycles. The average molecular weight is 591 g/mol. The molecule has 1 fully saturated rings. The smallest absolute Gasteiger partial charge is 0.309 e. The highest BCUT2D eigenvalue weighted by Gasteiger charge is 2.32. The first-order chi connectivity index (χ1) is 20.9. The van der Waals surface area contributed by atoms with E-state index in [1.54, 1.807) is 17.1 Å². The van der Waals surface area contributed by atoms with Crippen LogP contribution >= 0.6 is 0 Å². The highest BCUT2D eigenvalue weighted by atomic mass is 16.5. The van der Waals surface area contributed by atoms with E-state index in [2.05, 4.69) is 18.5 Å². The van der Waals surface area contributed by atoms with E-state index in [0.29, 0.717) is 38.8 Å². The predicted octanol–water partition coefficient (Wildman–Crippen LogP) is 4.62. The van der Waals surface area contributed by atoms with Gasteiger partial charge in [0, 0.05) is 13.0 Å². The predicted molar refractivity (Wildman–Crippen MR) is 167 cm³/mol. The van der Waals surface area contributed by atoms with Gasteiger partial charge in [0.1, 0.15) is 6.61 Å². The van der Waals surface area contributed by atoms with Gasteiger partial charge in [0.15, 0.2) is 0 Å². The summed E-state index contributed by atoms with van der Waals surface area (Å²) in [7, 11) is 0. The van der Waals surface area contributed by atoms with Crippen molar-refractivity contribution >= 4 is 17.8 Å². The molecule has 1 heterocycles. The van der Waals surface area contributed by atoms with Crippen molar-refractivity contribution in [2.24, 2.45) is 11.8 Å². The molecule has 0 aliphatic carbocycles. The number of aliphatic hydroxyl groups excluding tert-OH is 1. The fourth-order valence-corrected chi connectivity index (χ4v) is 5.33. The van der Waals surface area contributed by atoms with Gasteiger partial charge in [0.25, 0.3) is 0 Å². The van der Waals surface area contributed by atoms with Crippen molar-refractivity contribution in [1.82, 2.24) is 10.2 Å². The van der Waals surface area contributed by atoms with Crippen molar-refractivity contribution in [1.29, 1.82) is 0 Å². The maximum absolute atomic E-state index is 13.5. The molecule has 232 valence electrons. The van der Waals surface area contributed by atoms with Crippen LogP contribution in [0.25, 0.3) is 0 Å². The second-order valence-electron chi connectivity index (χ2n) is 11.1. The van der Waals surface area contributed by atoms with Crippen LogP contribution in [0.3, 0.4) is 0 Å². The molecule has 3 rings (SSSR count). The van der Waals surface area contributed by atoms with Crippen LogP contribution in [0.15, 0.2) is 86.0 Å². The summed E-state index contributed by atoms with van der Waals surface area (Å²) in [4.78, 5) is 41.4. The third-order valence-electron chi connectivity index (χ3n) is 7.73. The van der Waals surface area contributed by atoms with Crippen molar-refractivity contribution < 1.29 is 29.0 Å². The fraction of sp³-hybridized carbons (Fsp3) is 0.457. The summed E-state index contributed by atoms with van der Waals surface area (Å²) in [6.45, 7) is 8.45. The zero-order valence-electron chi connectivity index (χ0n) is 25.1. The van der Waals surface area contributed by atoms with Gasteiger partial charge in [-0.3, -0.25) is 14.4 Å². The molecule has 8 nitrogen and oxygen atoms in total. The Balaban J connectivity index is 1.66. The van der Waals surface area contributed by atoms with Crippen LogP contribution in [-0.4, -0.2) is 66.2 Å². The summed E-state index contributed by atoms with van der Waals surface area (Å²) >= 11 is 0. The highest BCUT2D eigenvalue weighted by Crippen LogP contribution is 2.21. The number of hydrogen-bond donors (Lipinski definition) is 2. The number of carbonyl (C=O) groups is 3. The topological polar surface area (TPSA) is 105 Å². The Bertz CT molecular complexity index is 1160. The van der Waals surface area contributed by atoms with E-state index < -0.39 is 12.0 Å². The second kappa shape index (κ2) is 18.7. The quantitative estimate of drug-likeness (QED) is 0.183. The van der Waals surface area contributed by atoms with Gasteiger partial charge < -0.3 is 24.8 Å². The molecule has 2 amide bonds. The fourth-order valence-electron chi connectivity index (χ4n) is 5.33. The Labute approximate surface area is 255 Å². The lowest BCUT2D eigenvalue weighted by atomic mass is 9.95. The number of rotatable bonds is 19. The Kier molecular flexibility index (Phi) is 14.7. The molecule has 1 aliphatic heterocycles. The van der Waals surface area contributed by atoms with Crippen LogP contribution < -0.4 is 5.32 Å². The standard InChI is InChI=1S/C35H46N2O6/c1-3-5-18-30(21-27-14-8-6-9-15-27)35(41)43-26-31(25-42-24-28-16-10-7-11-17-28)36-34(40)29(13-4-2)22-33(39)37-20-12-19-32(37)23-38/h3-4,6-11,14-17,29-32,38H,1-2,5,12-13,18-26H2,(H,36,40)/t29-,30-,31+,32+/m1/s1. The number of aliphatic hydroxyl groups is 1. The van der Waals surface area contributed by atoms with Crippen LogP contribution in [0.4, 0.5) is 0 Å². The number of esters is 1. The molecule has 2 aromatic carbocycles. The molecule has 2 aromatic rings. The minimum Gasteiger partial charge on any atom is -0.463 e. The summed E-state index contributed by atoms with van der Waals surface area (Å²) in [5.41, 5.74) is 2.03. The van der Waals surface area contributed by atoms with Crippen molar-refractivity contribution in [3.63, 3.8) is 0 Å². The van der Waals surface area contributed by atoms with Crippen molar-refractivity contribution in [2.75, 3.05) is 26.4 Å². The van der Waals surface area contributed by atoms with Crippen molar-refractivity contribution in [2.45, 2.75) is 63.6 Å². The average Bonchev–Trinajstić information content (AvgIpc) is 3.52. The van der Waals surface area contributed by atoms with Gasteiger partial charge in [0.05, 0.1) is 43.7 Å².